The predicted molar refractivity (Wildman–Crippen MR) is 53.7 cm³/mol. The lowest BCUT2D eigenvalue weighted by Gasteiger charge is -2.15. The number of hydrogen-bond donors (Lipinski definition) is 2. The second-order valence-electron chi connectivity index (χ2n) is 3.55. The van der Waals surface area contributed by atoms with Crippen LogP contribution < -0.4 is 5.32 Å². The average Bonchev–Trinajstić information content (AvgIpc) is 2.02. The number of hydrogen-bond acceptors (Lipinski definition) is 2. The Kier molecular flexibility index (Phi) is 6.24. The molecule has 0 radical (unpaired) electrons. The predicted octanol–water partition coefficient (Wildman–Crippen LogP) is 1.65. The molecule has 13 heavy (non-hydrogen) atoms. The second kappa shape index (κ2) is 6.66. The van der Waals surface area contributed by atoms with Crippen molar-refractivity contribution in [3.05, 3.63) is 12.7 Å². The number of aliphatic carboxylic acids is 1. The summed E-state index contributed by atoms with van der Waals surface area (Å²) < 4.78 is 0. The molecule has 0 aromatic rings. The minimum absolute atomic E-state index is 0.400. The van der Waals surface area contributed by atoms with Crippen LogP contribution in [0.25, 0.3) is 0 Å². The Morgan fingerprint density at radius 3 is 2.62 bits per heavy atom. The maximum Gasteiger partial charge on any atom is 0.320 e. The van der Waals surface area contributed by atoms with Crippen LogP contribution in [0.2, 0.25) is 0 Å². The van der Waals surface area contributed by atoms with Gasteiger partial charge in [0.05, 0.1) is 0 Å². The van der Waals surface area contributed by atoms with E-state index in [0.717, 1.165) is 6.42 Å². The lowest BCUT2D eigenvalue weighted by molar-refractivity contribution is -0.139. The topological polar surface area (TPSA) is 49.3 Å². The standard InChI is InChI=1S/C10H19NO2/c1-4-5-6-11-9(10(12)13)7-8(2)3/h4,8-9,11H,1,5-7H2,2-3H3,(H,12,13). The van der Waals surface area contributed by atoms with Crippen molar-refractivity contribution in [3.8, 4) is 0 Å². The van der Waals surface area contributed by atoms with Gasteiger partial charge in [-0.3, -0.25) is 4.79 Å². The molecular formula is C10H19NO2. The third-order valence-corrected chi connectivity index (χ3v) is 1.74. The average molecular weight is 185 g/mol. The van der Waals surface area contributed by atoms with Crippen LogP contribution in [0.1, 0.15) is 26.7 Å². The van der Waals surface area contributed by atoms with Gasteiger partial charge in [-0.25, -0.2) is 0 Å². The molecule has 0 saturated heterocycles. The van der Waals surface area contributed by atoms with Crippen molar-refractivity contribution in [3.63, 3.8) is 0 Å². The van der Waals surface area contributed by atoms with Gasteiger partial charge in [-0.15, -0.1) is 6.58 Å². The van der Waals surface area contributed by atoms with Crippen LogP contribution in [0.4, 0.5) is 0 Å². The van der Waals surface area contributed by atoms with Crippen molar-refractivity contribution in [2.24, 2.45) is 5.92 Å². The fraction of sp³-hybridized carbons (Fsp3) is 0.700. The van der Waals surface area contributed by atoms with Gasteiger partial charge in [0.2, 0.25) is 0 Å². The van der Waals surface area contributed by atoms with Crippen LogP contribution in [-0.2, 0) is 4.79 Å². The van der Waals surface area contributed by atoms with Crippen LogP contribution in [0.5, 0.6) is 0 Å². The van der Waals surface area contributed by atoms with E-state index < -0.39 is 12.0 Å². The molecule has 3 heteroatoms. The highest BCUT2D eigenvalue weighted by Gasteiger charge is 2.16. The third kappa shape index (κ3) is 6.34. The Hall–Kier alpha value is -0.830. The van der Waals surface area contributed by atoms with Gasteiger partial charge in [-0.1, -0.05) is 19.9 Å². The largest absolute Gasteiger partial charge is 0.480 e. The van der Waals surface area contributed by atoms with Gasteiger partial charge >= 0.3 is 5.97 Å². The second-order valence-corrected chi connectivity index (χ2v) is 3.55. The van der Waals surface area contributed by atoms with Crippen LogP contribution in [0, 0.1) is 5.92 Å². The Balaban J connectivity index is 3.80. The molecule has 1 atom stereocenters. The summed E-state index contributed by atoms with van der Waals surface area (Å²) in [5.74, 6) is -0.366. The maximum absolute atomic E-state index is 10.7. The zero-order valence-electron chi connectivity index (χ0n) is 8.42. The van der Waals surface area contributed by atoms with Gasteiger partial charge in [0.1, 0.15) is 6.04 Å². The van der Waals surface area contributed by atoms with Crippen molar-refractivity contribution >= 4 is 5.97 Å². The highest BCUT2D eigenvalue weighted by Crippen LogP contribution is 2.04. The van der Waals surface area contributed by atoms with E-state index in [-0.39, 0.29) is 0 Å². The SMILES string of the molecule is C=CCCNC(CC(C)C)C(=O)O. The summed E-state index contributed by atoms with van der Waals surface area (Å²) in [5.41, 5.74) is 0. The molecule has 0 aliphatic rings. The normalized spacial score (nSPS) is 12.8. The van der Waals surface area contributed by atoms with Crippen molar-refractivity contribution in [2.45, 2.75) is 32.7 Å². The van der Waals surface area contributed by atoms with E-state index in [1.54, 1.807) is 6.08 Å². The molecule has 0 spiro atoms. The summed E-state index contributed by atoms with van der Waals surface area (Å²) in [5, 5.41) is 11.8. The fourth-order valence-electron chi connectivity index (χ4n) is 1.10. The first-order valence-electron chi connectivity index (χ1n) is 4.65. The molecule has 3 nitrogen and oxygen atoms in total. The van der Waals surface area contributed by atoms with Gasteiger partial charge in [-0.05, 0) is 25.3 Å². The lowest BCUT2D eigenvalue weighted by atomic mass is 10.0. The zero-order chi connectivity index (χ0) is 10.3. The quantitative estimate of drug-likeness (QED) is 0.468. The van der Waals surface area contributed by atoms with Gasteiger partial charge in [0.25, 0.3) is 0 Å². The highest BCUT2D eigenvalue weighted by molar-refractivity contribution is 5.73. The first kappa shape index (κ1) is 12.2. The Bertz CT molecular complexity index is 166. The molecule has 0 bridgehead atoms. The molecule has 0 fully saturated rings. The smallest absolute Gasteiger partial charge is 0.320 e. The number of rotatable bonds is 7. The molecule has 0 amide bonds. The van der Waals surface area contributed by atoms with Crippen LogP contribution >= 0.6 is 0 Å². The lowest BCUT2D eigenvalue weighted by Crippen LogP contribution is -2.38. The van der Waals surface area contributed by atoms with E-state index in [1.165, 1.54) is 0 Å². The molecule has 76 valence electrons. The Labute approximate surface area is 79.8 Å². The summed E-state index contributed by atoms with van der Waals surface area (Å²) in [6, 6.07) is -0.417. The third-order valence-electron chi connectivity index (χ3n) is 1.74. The molecular weight excluding hydrogens is 166 g/mol. The monoisotopic (exact) mass is 185 g/mol. The van der Waals surface area contributed by atoms with E-state index in [2.05, 4.69) is 11.9 Å². The van der Waals surface area contributed by atoms with E-state index in [4.69, 9.17) is 5.11 Å². The Morgan fingerprint density at radius 2 is 2.23 bits per heavy atom. The molecule has 0 saturated carbocycles. The minimum Gasteiger partial charge on any atom is -0.480 e. The minimum atomic E-state index is -0.766. The molecule has 0 heterocycles. The van der Waals surface area contributed by atoms with E-state index in [1.807, 2.05) is 13.8 Å². The zero-order valence-corrected chi connectivity index (χ0v) is 8.42. The van der Waals surface area contributed by atoms with Gasteiger partial charge in [0.15, 0.2) is 0 Å². The molecule has 0 aromatic carbocycles. The fourth-order valence-corrected chi connectivity index (χ4v) is 1.10. The first-order chi connectivity index (χ1) is 6.07. The molecule has 0 aliphatic heterocycles. The van der Waals surface area contributed by atoms with E-state index in [9.17, 15) is 4.79 Å². The number of carboxylic acids is 1. The summed E-state index contributed by atoms with van der Waals surface area (Å²) >= 11 is 0. The van der Waals surface area contributed by atoms with Gasteiger partial charge < -0.3 is 10.4 Å². The van der Waals surface area contributed by atoms with Gasteiger partial charge in [-0.2, -0.15) is 0 Å². The number of nitrogens with one attached hydrogen (secondary N) is 1. The molecule has 0 aromatic heterocycles. The van der Waals surface area contributed by atoms with E-state index >= 15 is 0 Å². The highest BCUT2D eigenvalue weighted by atomic mass is 16.4. The summed E-state index contributed by atoms with van der Waals surface area (Å²) in [6.07, 6.45) is 3.26. The Morgan fingerprint density at radius 1 is 1.62 bits per heavy atom. The number of carboxylic acid groups (broad SMARTS) is 1. The van der Waals surface area contributed by atoms with Crippen molar-refractivity contribution in [1.82, 2.24) is 5.32 Å². The maximum atomic E-state index is 10.7. The van der Waals surface area contributed by atoms with Crippen LogP contribution in [0.3, 0.4) is 0 Å². The molecule has 0 aliphatic carbocycles. The number of carbonyl (C=O) groups is 1. The molecule has 0 rings (SSSR count). The van der Waals surface area contributed by atoms with Crippen LogP contribution in [-0.4, -0.2) is 23.7 Å². The van der Waals surface area contributed by atoms with Crippen LogP contribution in [0.15, 0.2) is 12.7 Å². The van der Waals surface area contributed by atoms with Crippen molar-refractivity contribution < 1.29 is 9.90 Å². The van der Waals surface area contributed by atoms with Gasteiger partial charge in [0, 0.05) is 0 Å². The van der Waals surface area contributed by atoms with Crippen molar-refractivity contribution in [1.29, 1.82) is 0 Å². The molecule has 1 unspecified atom stereocenters. The summed E-state index contributed by atoms with van der Waals surface area (Å²) in [4.78, 5) is 10.7. The molecule has 2 N–H and O–H groups in total. The summed E-state index contributed by atoms with van der Waals surface area (Å²) in [7, 11) is 0. The van der Waals surface area contributed by atoms with Crippen molar-refractivity contribution in [2.75, 3.05) is 6.54 Å². The van der Waals surface area contributed by atoms with E-state index in [0.29, 0.717) is 18.9 Å². The first-order valence-corrected chi connectivity index (χ1v) is 4.65. The summed E-state index contributed by atoms with van der Waals surface area (Å²) in [6.45, 7) is 8.30.